The molecule has 1 atom stereocenters. The number of likely N-dealkylation sites (tertiary alicyclic amines) is 2. The number of carbonyl (C=O) groups excluding carboxylic acids is 1. The van der Waals surface area contributed by atoms with Crippen LogP contribution in [0.1, 0.15) is 34.5 Å². The molecular weight excluding hydrogens is 383 g/mol. The van der Waals surface area contributed by atoms with Gasteiger partial charge in [0, 0.05) is 30.9 Å². The number of nitrogens with one attached hydrogen (secondary N) is 1. The number of rotatable bonds is 4. The second kappa shape index (κ2) is 7.65. The van der Waals surface area contributed by atoms with Gasteiger partial charge in [0.05, 0.1) is 16.6 Å². The van der Waals surface area contributed by atoms with E-state index < -0.39 is 5.82 Å². The van der Waals surface area contributed by atoms with Crippen molar-refractivity contribution in [2.24, 2.45) is 0 Å². The fraction of sp³-hybridized carbons (Fsp3) is 0.348. The summed E-state index contributed by atoms with van der Waals surface area (Å²) in [6.07, 6.45) is 2.56. The first-order valence-electron chi connectivity index (χ1n) is 10.4. The van der Waals surface area contributed by atoms with Gasteiger partial charge in [0.25, 0.3) is 11.5 Å². The summed E-state index contributed by atoms with van der Waals surface area (Å²) >= 11 is 0. The Morgan fingerprint density at radius 1 is 1.13 bits per heavy atom. The van der Waals surface area contributed by atoms with Crippen LogP contribution in [-0.4, -0.2) is 58.1 Å². The maximum atomic E-state index is 14.5. The van der Waals surface area contributed by atoms with Crippen molar-refractivity contribution in [1.82, 2.24) is 20.0 Å². The van der Waals surface area contributed by atoms with Crippen molar-refractivity contribution in [3.63, 3.8) is 0 Å². The van der Waals surface area contributed by atoms with Crippen LogP contribution in [0.5, 0.6) is 0 Å². The molecule has 6 nitrogen and oxygen atoms in total. The maximum Gasteiger partial charge on any atom is 0.272 e. The highest BCUT2D eigenvalue weighted by molar-refractivity contribution is 5.95. The predicted octanol–water partition coefficient (Wildman–Crippen LogP) is 2.57. The molecule has 2 saturated heterocycles. The topological polar surface area (TPSA) is 69.3 Å². The van der Waals surface area contributed by atoms with Crippen molar-refractivity contribution >= 4 is 16.7 Å². The maximum absolute atomic E-state index is 14.5. The van der Waals surface area contributed by atoms with Gasteiger partial charge in [-0.2, -0.15) is 5.10 Å². The molecule has 0 radical (unpaired) electrons. The standard InChI is InChI=1S/C23H23FN4O2/c24-20-7-6-15(13-21-17-4-1-2-5-18(17)22(29)26-25-21)12-19(20)23(30)28-11-8-16(14-28)27-9-3-10-27/h1-2,4-7,12,16H,3,8-11,13-14H2,(H,26,29)/t16-/m1/s1. The fourth-order valence-corrected chi connectivity index (χ4v) is 4.45. The van der Waals surface area contributed by atoms with E-state index >= 15 is 0 Å². The SMILES string of the molecule is O=C(c1cc(Cc2n[nH]c(=O)c3ccccc23)ccc1F)N1CC[C@@H](N2CCC2)C1. The van der Waals surface area contributed by atoms with Crippen LogP contribution in [0.2, 0.25) is 0 Å². The number of amides is 1. The monoisotopic (exact) mass is 406 g/mol. The summed E-state index contributed by atoms with van der Waals surface area (Å²) in [5, 5.41) is 8.04. The average molecular weight is 406 g/mol. The summed E-state index contributed by atoms with van der Waals surface area (Å²) in [7, 11) is 0. The number of aromatic nitrogens is 2. The van der Waals surface area contributed by atoms with Crippen LogP contribution < -0.4 is 5.56 Å². The van der Waals surface area contributed by atoms with Gasteiger partial charge in [-0.05, 0) is 49.7 Å². The molecule has 0 spiro atoms. The molecule has 154 valence electrons. The molecule has 2 aromatic carbocycles. The highest BCUT2D eigenvalue weighted by Crippen LogP contribution is 2.24. The van der Waals surface area contributed by atoms with Crippen LogP contribution in [0.15, 0.2) is 47.3 Å². The molecule has 3 aromatic rings. The summed E-state index contributed by atoms with van der Waals surface area (Å²) < 4.78 is 14.5. The Hall–Kier alpha value is -3.06. The third-order valence-corrected chi connectivity index (χ3v) is 6.27. The lowest BCUT2D eigenvalue weighted by molar-refractivity contribution is 0.0747. The quantitative estimate of drug-likeness (QED) is 0.723. The molecule has 2 fully saturated rings. The Labute approximate surface area is 173 Å². The van der Waals surface area contributed by atoms with Gasteiger partial charge < -0.3 is 4.90 Å². The lowest BCUT2D eigenvalue weighted by Crippen LogP contribution is -2.46. The molecule has 0 saturated carbocycles. The minimum Gasteiger partial charge on any atom is -0.337 e. The first kappa shape index (κ1) is 18.9. The number of aromatic amines is 1. The fourth-order valence-electron chi connectivity index (χ4n) is 4.45. The molecular formula is C23H23FN4O2. The molecule has 2 aliphatic heterocycles. The zero-order chi connectivity index (χ0) is 20.7. The summed E-state index contributed by atoms with van der Waals surface area (Å²) in [4.78, 5) is 29.2. The molecule has 0 aliphatic carbocycles. The van der Waals surface area contributed by atoms with Crippen LogP contribution >= 0.6 is 0 Å². The molecule has 30 heavy (non-hydrogen) atoms. The highest BCUT2D eigenvalue weighted by atomic mass is 19.1. The smallest absolute Gasteiger partial charge is 0.272 e. The third-order valence-electron chi connectivity index (χ3n) is 6.27. The van der Waals surface area contributed by atoms with Gasteiger partial charge in [0.15, 0.2) is 0 Å². The summed E-state index contributed by atoms with van der Waals surface area (Å²) in [5.74, 6) is -0.757. The highest BCUT2D eigenvalue weighted by Gasteiger charge is 2.33. The van der Waals surface area contributed by atoms with Crippen LogP contribution in [0, 0.1) is 5.82 Å². The second-order valence-corrected chi connectivity index (χ2v) is 8.12. The third kappa shape index (κ3) is 3.39. The molecule has 1 aromatic heterocycles. The largest absolute Gasteiger partial charge is 0.337 e. The van der Waals surface area contributed by atoms with Crippen molar-refractivity contribution in [2.45, 2.75) is 25.3 Å². The number of hydrogen-bond acceptors (Lipinski definition) is 4. The normalized spacial score (nSPS) is 19.2. The van der Waals surface area contributed by atoms with Gasteiger partial charge in [-0.25, -0.2) is 9.49 Å². The Bertz CT molecular complexity index is 1170. The molecule has 3 heterocycles. The van der Waals surface area contributed by atoms with Crippen molar-refractivity contribution in [2.75, 3.05) is 26.2 Å². The molecule has 0 unspecified atom stereocenters. The average Bonchev–Trinajstić information content (AvgIpc) is 3.19. The molecule has 1 amide bonds. The summed E-state index contributed by atoms with van der Waals surface area (Å²) in [6.45, 7) is 3.51. The van der Waals surface area contributed by atoms with Gasteiger partial charge in [-0.1, -0.05) is 24.3 Å². The van der Waals surface area contributed by atoms with Gasteiger partial charge in [0.2, 0.25) is 0 Å². The van der Waals surface area contributed by atoms with E-state index in [-0.39, 0.29) is 17.0 Å². The van der Waals surface area contributed by atoms with E-state index in [1.807, 2.05) is 12.1 Å². The Kier molecular flexibility index (Phi) is 4.83. The summed E-state index contributed by atoms with van der Waals surface area (Å²) in [6, 6.07) is 12.3. The van der Waals surface area contributed by atoms with E-state index in [2.05, 4.69) is 15.1 Å². The molecule has 7 heteroatoms. The predicted molar refractivity (Wildman–Crippen MR) is 112 cm³/mol. The summed E-state index contributed by atoms with van der Waals surface area (Å²) in [5.41, 5.74) is 1.33. The van der Waals surface area contributed by atoms with E-state index in [1.54, 1.807) is 29.2 Å². The van der Waals surface area contributed by atoms with E-state index in [9.17, 15) is 14.0 Å². The van der Waals surface area contributed by atoms with E-state index in [4.69, 9.17) is 0 Å². The number of carbonyl (C=O) groups is 1. The van der Waals surface area contributed by atoms with Crippen molar-refractivity contribution in [3.8, 4) is 0 Å². The Morgan fingerprint density at radius 3 is 2.70 bits per heavy atom. The zero-order valence-electron chi connectivity index (χ0n) is 16.6. The molecule has 2 aliphatic rings. The van der Waals surface area contributed by atoms with Crippen molar-refractivity contribution < 1.29 is 9.18 Å². The Morgan fingerprint density at radius 2 is 1.93 bits per heavy atom. The van der Waals surface area contributed by atoms with E-state index in [1.165, 1.54) is 12.5 Å². The molecule has 1 N–H and O–H groups in total. The number of halogens is 1. The van der Waals surface area contributed by atoms with Gasteiger partial charge in [0.1, 0.15) is 5.82 Å². The lowest BCUT2D eigenvalue weighted by atomic mass is 10.0. The molecule has 0 bridgehead atoms. The van der Waals surface area contributed by atoms with Gasteiger partial charge in [-0.3, -0.25) is 14.5 Å². The number of fused-ring (bicyclic) bond motifs is 1. The number of benzene rings is 2. The van der Waals surface area contributed by atoms with Crippen LogP contribution in [-0.2, 0) is 6.42 Å². The van der Waals surface area contributed by atoms with Crippen LogP contribution in [0.25, 0.3) is 10.8 Å². The van der Waals surface area contributed by atoms with E-state index in [0.29, 0.717) is 36.6 Å². The number of nitrogens with zero attached hydrogens (tertiary/aromatic N) is 3. The first-order valence-corrected chi connectivity index (χ1v) is 10.4. The lowest BCUT2D eigenvalue weighted by Gasteiger charge is -2.36. The van der Waals surface area contributed by atoms with Crippen molar-refractivity contribution in [1.29, 1.82) is 0 Å². The van der Waals surface area contributed by atoms with Crippen LogP contribution in [0.3, 0.4) is 0 Å². The molecule has 5 rings (SSSR count). The minimum atomic E-state index is -0.504. The first-order chi connectivity index (χ1) is 14.6. The minimum absolute atomic E-state index is 0.102. The number of hydrogen-bond donors (Lipinski definition) is 1. The van der Waals surface area contributed by atoms with Gasteiger partial charge >= 0.3 is 0 Å². The van der Waals surface area contributed by atoms with Crippen LogP contribution in [0.4, 0.5) is 4.39 Å². The number of H-pyrrole nitrogens is 1. The second-order valence-electron chi connectivity index (χ2n) is 8.12. The van der Waals surface area contributed by atoms with Gasteiger partial charge in [-0.15, -0.1) is 0 Å². The zero-order valence-corrected chi connectivity index (χ0v) is 16.6. The Balaban J connectivity index is 1.40. The van der Waals surface area contributed by atoms with E-state index in [0.717, 1.165) is 30.5 Å². The van der Waals surface area contributed by atoms with Crippen molar-refractivity contribution in [3.05, 3.63) is 75.5 Å².